The van der Waals surface area contributed by atoms with Gasteiger partial charge in [-0.25, -0.2) is 0 Å². The summed E-state index contributed by atoms with van der Waals surface area (Å²) < 4.78 is 0. The van der Waals surface area contributed by atoms with E-state index < -0.39 is 5.91 Å². The maximum atomic E-state index is 12.5. The molecule has 5 N–H and O–H groups in total. The molecule has 3 rings (SSSR count). The van der Waals surface area contributed by atoms with E-state index in [1.807, 2.05) is 56.3 Å². The lowest BCUT2D eigenvalue weighted by atomic mass is 10.1. The van der Waals surface area contributed by atoms with Gasteiger partial charge in [0, 0.05) is 17.4 Å². The molecule has 0 unspecified atom stereocenters. The molecule has 0 radical (unpaired) electrons. The van der Waals surface area contributed by atoms with Crippen LogP contribution in [0, 0.1) is 0 Å². The predicted molar refractivity (Wildman–Crippen MR) is 111 cm³/mol. The average Bonchev–Trinajstić information content (AvgIpc) is 2.95. The van der Waals surface area contributed by atoms with E-state index in [1.54, 1.807) is 12.1 Å². The number of hydrogen-bond donors (Lipinski definition) is 5. The second kappa shape index (κ2) is 8.52. The van der Waals surface area contributed by atoms with Gasteiger partial charge in [-0.1, -0.05) is 30.3 Å². The Morgan fingerprint density at radius 2 is 1.61 bits per heavy atom. The van der Waals surface area contributed by atoms with E-state index in [0.29, 0.717) is 30.3 Å². The molecule has 0 atom stereocenters. The molecule has 0 aliphatic rings. The van der Waals surface area contributed by atoms with Gasteiger partial charge in [-0.05, 0) is 56.5 Å². The molecule has 146 valence electrons. The number of aryl methyl sites for hydroxylation is 2. The summed E-state index contributed by atoms with van der Waals surface area (Å²) in [5.41, 5.74) is 2.92. The molecule has 2 aromatic carbocycles. The largest absolute Gasteiger partial charge is 0.505 e. The summed E-state index contributed by atoms with van der Waals surface area (Å²) in [5, 5.41) is 26.5. The minimum Gasteiger partial charge on any atom is -0.505 e. The number of rotatable bonds is 7. The van der Waals surface area contributed by atoms with Crippen LogP contribution in [0.5, 0.6) is 11.6 Å². The van der Waals surface area contributed by atoms with Crippen molar-refractivity contribution in [3.8, 4) is 11.6 Å². The van der Waals surface area contributed by atoms with Crippen LogP contribution in [-0.2, 0) is 12.8 Å². The first kappa shape index (κ1) is 19.4. The fourth-order valence-electron chi connectivity index (χ4n) is 3.01. The first-order valence-electron chi connectivity index (χ1n) is 9.28. The van der Waals surface area contributed by atoms with Crippen molar-refractivity contribution in [3.05, 3.63) is 71.4 Å². The van der Waals surface area contributed by atoms with E-state index in [9.17, 15) is 15.0 Å². The zero-order valence-electron chi connectivity index (χ0n) is 16.0. The summed E-state index contributed by atoms with van der Waals surface area (Å²) >= 11 is 0. The van der Waals surface area contributed by atoms with Crippen molar-refractivity contribution in [2.75, 3.05) is 10.6 Å². The van der Waals surface area contributed by atoms with Crippen molar-refractivity contribution in [2.24, 2.45) is 0 Å². The number of H-pyrrole nitrogens is 1. The standard InChI is InChI=1S/C22H25N3O3/c1-14(2)23-16-9-11-17(12-10-16)24-21(27)19-20(26)18(25-22(19)28)13-8-15-6-4-3-5-7-15/h3-7,9-12,14,23,25-26,28H,8,13H2,1-2H3,(H,24,27). The third kappa shape index (κ3) is 4.65. The number of carbonyl (C=O) groups excluding carboxylic acids is 1. The lowest BCUT2D eigenvalue weighted by molar-refractivity contribution is 0.102. The number of carbonyl (C=O) groups is 1. The quantitative estimate of drug-likeness (QED) is 0.423. The van der Waals surface area contributed by atoms with Gasteiger partial charge in [-0.15, -0.1) is 0 Å². The molecule has 28 heavy (non-hydrogen) atoms. The van der Waals surface area contributed by atoms with Gasteiger partial charge in [0.15, 0.2) is 5.75 Å². The van der Waals surface area contributed by atoms with Crippen molar-refractivity contribution in [1.29, 1.82) is 0 Å². The second-order valence-electron chi connectivity index (χ2n) is 6.99. The van der Waals surface area contributed by atoms with Crippen molar-refractivity contribution < 1.29 is 15.0 Å². The Bertz CT molecular complexity index is 932. The Morgan fingerprint density at radius 1 is 0.964 bits per heavy atom. The average molecular weight is 379 g/mol. The number of benzene rings is 2. The van der Waals surface area contributed by atoms with Gasteiger partial charge in [-0.2, -0.15) is 0 Å². The number of hydrogen-bond acceptors (Lipinski definition) is 4. The van der Waals surface area contributed by atoms with E-state index in [2.05, 4.69) is 15.6 Å². The molecule has 0 fully saturated rings. The zero-order chi connectivity index (χ0) is 20.1. The normalized spacial score (nSPS) is 10.8. The zero-order valence-corrected chi connectivity index (χ0v) is 16.0. The van der Waals surface area contributed by atoms with Gasteiger partial charge in [-0.3, -0.25) is 4.79 Å². The SMILES string of the molecule is CC(C)Nc1ccc(NC(=O)c2c(O)[nH]c(CCc3ccccc3)c2O)cc1. The highest BCUT2D eigenvalue weighted by Crippen LogP contribution is 2.32. The third-order valence-electron chi connectivity index (χ3n) is 4.36. The minimum absolute atomic E-state index is 0.146. The number of aromatic hydroxyl groups is 2. The van der Waals surface area contributed by atoms with Gasteiger partial charge in [0.2, 0.25) is 5.88 Å². The number of amides is 1. The molecule has 0 aliphatic carbocycles. The smallest absolute Gasteiger partial charge is 0.264 e. The molecular weight excluding hydrogens is 354 g/mol. The molecule has 3 aromatic rings. The Kier molecular flexibility index (Phi) is 5.89. The molecule has 0 saturated heterocycles. The van der Waals surface area contributed by atoms with Crippen LogP contribution in [0.3, 0.4) is 0 Å². The van der Waals surface area contributed by atoms with E-state index in [-0.39, 0.29) is 17.2 Å². The van der Waals surface area contributed by atoms with Crippen molar-refractivity contribution in [3.63, 3.8) is 0 Å². The highest BCUT2D eigenvalue weighted by molar-refractivity contribution is 6.08. The number of anilines is 2. The van der Waals surface area contributed by atoms with Gasteiger partial charge >= 0.3 is 0 Å². The topological polar surface area (TPSA) is 97.4 Å². The maximum Gasteiger partial charge on any atom is 0.264 e. The Balaban J connectivity index is 1.69. The van der Waals surface area contributed by atoms with Crippen molar-refractivity contribution in [2.45, 2.75) is 32.7 Å². The first-order valence-corrected chi connectivity index (χ1v) is 9.28. The summed E-state index contributed by atoms with van der Waals surface area (Å²) in [5.74, 6) is -1.12. The molecule has 1 heterocycles. The summed E-state index contributed by atoms with van der Waals surface area (Å²) in [4.78, 5) is 15.3. The number of nitrogens with one attached hydrogen (secondary N) is 3. The summed E-state index contributed by atoms with van der Waals surface area (Å²) in [6, 6.07) is 17.4. The summed E-state index contributed by atoms with van der Waals surface area (Å²) in [7, 11) is 0. The summed E-state index contributed by atoms with van der Waals surface area (Å²) in [6.07, 6.45) is 1.16. The van der Waals surface area contributed by atoms with E-state index in [0.717, 1.165) is 11.3 Å². The van der Waals surface area contributed by atoms with Crippen molar-refractivity contribution >= 4 is 17.3 Å². The minimum atomic E-state index is -0.568. The number of aromatic amines is 1. The highest BCUT2D eigenvalue weighted by Gasteiger charge is 2.23. The molecule has 0 spiro atoms. The first-order chi connectivity index (χ1) is 13.4. The fraction of sp³-hybridized carbons (Fsp3) is 0.227. The van der Waals surface area contributed by atoms with Crippen LogP contribution in [0.1, 0.15) is 35.5 Å². The summed E-state index contributed by atoms with van der Waals surface area (Å²) in [6.45, 7) is 4.09. The Labute approximate surface area is 164 Å². The van der Waals surface area contributed by atoms with Gasteiger partial charge in [0.25, 0.3) is 5.91 Å². The van der Waals surface area contributed by atoms with E-state index >= 15 is 0 Å². The monoisotopic (exact) mass is 379 g/mol. The number of aromatic nitrogens is 1. The Hall–Kier alpha value is -3.41. The van der Waals surface area contributed by atoms with Gasteiger partial charge in [0.1, 0.15) is 5.56 Å². The van der Waals surface area contributed by atoms with E-state index in [4.69, 9.17) is 0 Å². The molecule has 0 bridgehead atoms. The van der Waals surface area contributed by atoms with Crippen LogP contribution >= 0.6 is 0 Å². The predicted octanol–water partition coefficient (Wildman–Crippen LogP) is 4.28. The second-order valence-corrected chi connectivity index (χ2v) is 6.99. The lowest BCUT2D eigenvalue weighted by Crippen LogP contribution is -2.12. The molecule has 1 aromatic heterocycles. The van der Waals surface area contributed by atoms with Crippen LogP contribution in [0.2, 0.25) is 0 Å². The molecule has 6 heteroatoms. The molecule has 1 amide bonds. The molecule has 0 aliphatic heterocycles. The van der Waals surface area contributed by atoms with Crippen LogP contribution in [-0.4, -0.2) is 27.1 Å². The Morgan fingerprint density at radius 3 is 2.25 bits per heavy atom. The van der Waals surface area contributed by atoms with Crippen LogP contribution < -0.4 is 10.6 Å². The highest BCUT2D eigenvalue weighted by atomic mass is 16.3. The van der Waals surface area contributed by atoms with Gasteiger partial charge < -0.3 is 25.8 Å². The van der Waals surface area contributed by atoms with Gasteiger partial charge in [0.05, 0.1) is 5.69 Å². The maximum absolute atomic E-state index is 12.5. The van der Waals surface area contributed by atoms with Crippen LogP contribution in [0.4, 0.5) is 11.4 Å². The van der Waals surface area contributed by atoms with E-state index in [1.165, 1.54) is 0 Å². The molecule has 0 saturated carbocycles. The lowest BCUT2D eigenvalue weighted by Gasteiger charge is -2.11. The van der Waals surface area contributed by atoms with Crippen molar-refractivity contribution in [1.82, 2.24) is 4.98 Å². The fourth-order valence-corrected chi connectivity index (χ4v) is 3.01. The van der Waals surface area contributed by atoms with Crippen LogP contribution in [0.15, 0.2) is 54.6 Å². The van der Waals surface area contributed by atoms with Crippen LogP contribution in [0.25, 0.3) is 0 Å². The molecular formula is C22H25N3O3. The third-order valence-corrected chi connectivity index (χ3v) is 4.36. The molecule has 6 nitrogen and oxygen atoms in total.